The first-order chi connectivity index (χ1) is 6.95. The number of carbonyl (C=O) groups is 1. The van der Waals surface area contributed by atoms with Crippen LogP contribution in [0.15, 0.2) is 18.2 Å². The fraction of sp³-hybridized carbons (Fsp3) is 0.400. The fourth-order valence-corrected chi connectivity index (χ4v) is 1.17. The first kappa shape index (κ1) is 11.4. The molecule has 15 heavy (non-hydrogen) atoms. The van der Waals surface area contributed by atoms with Crippen molar-refractivity contribution in [2.45, 2.75) is 19.4 Å². The summed E-state index contributed by atoms with van der Waals surface area (Å²) in [4.78, 5) is 15.0. The second-order valence-electron chi connectivity index (χ2n) is 3.67. The van der Waals surface area contributed by atoms with Crippen molar-refractivity contribution in [2.75, 3.05) is 12.4 Å². The fourth-order valence-electron chi connectivity index (χ4n) is 1.17. The first-order valence-corrected chi connectivity index (χ1v) is 4.58. The van der Waals surface area contributed by atoms with Gasteiger partial charge in [0, 0.05) is 7.05 Å². The SMILES string of the molecule is CNC(=O)C(C)(C)Nc1cccc(F)n1. The molecule has 1 aromatic heterocycles. The molecule has 0 unspecified atom stereocenters. The van der Waals surface area contributed by atoms with Gasteiger partial charge in [-0.1, -0.05) is 6.07 Å². The molecule has 2 N–H and O–H groups in total. The monoisotopic (exact) mass is 211 g/mol. The molecule has 82 valence electrons. The molecule has 0 spiro atoms. The van der Waals surface area contributed by atoms with E-state index in [1.165, 1.54) is 12.1 Å². The van der Waals surface area contributed by atoms with Crippen LogP contribution in [0.4, 0.5) is 10.2 Å². The summed E-state index contributed by atoms with van der Waals surface area (Å²) in [6.07, 6.45) is 0. The van der Waals surface area contributed by atoms with Crippen molar-refractivity contribution < 1.29 is 9.18 Å². The van der Waals surface area contributed by atoms with E-state index in [4.69, 9.17) is 0 Å². The number of amides is 1. The van der Waals surface area contributed by atoms with E-state index in [2.05, 4.69) is 15.6 Å². The van der Waals surface area contributed by atoms with Crippen LogP contribution < -0.4 is 10.6 Å². The van der Waals surface area contributed by atoms with Gasteiger partial charge in [0.05, 0.1) is 0 Å². The van der Waals surface area contributed by atoms with Crippen molar-refractivity contribution in [1.82, 2.24) is 10.3 Å². The van der Waals surface area contributed by atoms with Crippen LogP contribution in [0, 0.1) is 5.95 Å². The standard InChI is InChI=1S/C10H14FN3O/c1-10(2,9(15)12-3)14-8-6-4-5-7(11)13-8/h4-6H,1-3H3,(H,12,15)(H,13,14). The normalized spacial score (nSPS) is 10.9. The lowest BCUT2D eigenvalue weighted by Crippen LogP contribution is -2.46. The number of nitrogens with zero attached hydrogens (tertiary/aromatic N) is 1. The Bertz CT molecular complexity index is 365. The average molecular weight is 211 g/mol. The molecule has 1 rings (SSSR count). The van der Waals surface area contributed by atoms with Gasteiger partial charge in [-0.3, -0.25) is 4.79 Å². The van der Waals surface area contributed by atoms with Gasteiger partial charge in [0.15, 0.2) is 0 Å². The maximum absolute atomic E-state index is 12.8. The molecule has 0 saturated carbocycles. The van der Waals surface area contributed by atoms with Crippen molar-refractivity contribution in [3.8, 4) is 0 Å². The van der Waals surface area contributed by atoms with Gasteiger partial charge >= 0.3 is 0 Å². The largest absolute Gasteiger partial charge is 0.357 e. The van der Waals surface area contributed by atoms with Crippen LogP contribution >= 0.6 is 0 Å². The lowest BCUT2D eigenvalue weighted by molar-refractivity contribution is -0.124. The summed E-state index contributed by atoms with van der Waals surface area (Å²) in [5, 5.41) is 5.36. The third-order valence-corrected chi connectivity index (χ3v) is 1.95. The van der Waals surface area contributed by atoms with Gasteiger partial charge in [-0.05, 0) is 26.0 Å². The summed E-state index contributed by atoms with van der Waals surface area (Å²) >= 11 is 0. The Kier molecular flexibility index (Phi) is 3.24. The lowest BCUT2D eigenvalue weighted by Gasteiger charge is -2.24. The molecule has 0 aliphatic rings. The molecular weight excluding hydrogens is 197 g/mol. The molecule has 0 saturated heterocycles. The number of hydrogen-bond acceptors (Lipinski definition) is 3. The molecular formula is C10H14FN3O. The molecule has 0 bridgehead atoms. The summed E-state index contributed by atoms with van der Waals surface area (Å²) < 4.78 is 12.8. The maximum atomic E-state index is 12.8. The van der Waals surface area contributed by atoms with E-state index in [-0.39, 0.29) is 5.91 Å². The third-order valence-electron chi connectivity index (χ3n) is 1.95. The zero-order chi connectivity index (χ0) is 11.5. The Morgan fingerprint density at radius 2 is 2.13 bits per heavy atom. The number of halogens is 1. The molecule has 0 aromatic carbocycles. The molecule has 1 aromatic rings. The molecule has 1 heterocycles. The highest BCUT2D eigenvalue weighted by molar-refractivity contribution is 5.87. The topological polar surface area (TPSA) is 54.0 Å². The van der Waals surface area contributed by atoms with Crippen molar-refractivity contribution in [2.24, 2.45) is 0 Å². The number of anilines is 1. The average Bonchev–Trinajstić information content (AvgIpc) is 2.15. The quantitative estimate of drug-likeness (QED) is 0.737. The number of likely N-dealkylation sites (N-methyl/N-ethyl adjacent to an activating group) is 1. The van der Waals surface area contributed by atoms with Gasteiger partial charge in [-0.25, -0.2) is 4.98 Å². The number of nitrogens with one attached hydrogen (secondary N) is 2. The van der Waals surface area contributed by atoms with E-state index in [1.54, 1.807) is 27.0 Å². The molecule has 4 nitrogen and oxygen atoms in total. The van der Waals surface area contributed by atoms with Crippen LogP contribution in [0.1, 0.15) is 13.8 Å². The number of hydrogen-bond donors (Lipinski definition) is 2. The number of aromatic nitrogens is 1. The minimum atomic E-state index is -0.824. The lowest BCUT2D eigenvalue weighted by atomic mass is 10.1. The smallest absolute Gasteiger partial charge is 0.244 e. The summed E-state index contributed by atoms with van der Waals surface area (Å²) in [7, 11) is 1.55. The van der Waals surface area contributed by atoms with E-state index < -0.39 is 11.5 Å². The minimum Gasteiger partial charge on any atom is -0.357 e. The van der Waals surface area contributed by atoms with Crippen molar-refractivity contribution in [1.29, 1.82) is 0 Å². The van der Waals surface area contributed by atoms with Gasteiger partial charge < -0.3 is 10.6 Å². The van der Waals surface area contributed by atoms with E-state index in [9.17, 15) is 9.18 Å². The van der Waals surface area contributed by atoms with Gasteiger partial charge in [-0.2, -0.15) is 4.39 Å². The van der Waals surface area contributed by atoms with Crippen molar-refractivity contribution in [3.05, 3.63) is 24.1 Å². The molecule has 5 heteroatoms. The van der Waals surface area contributed by atoms with Crippen LogP contribution in [-0.4, -0.2) is 23.5 Å². The van der Waals surface area contributed by atoms with Crippen molar-refractivity contribution >= 4 is 11.7 Å². The predicted octanol–water partition coefficient (Wildman–Crippen LogP) is 1.16. The highest BCUT2D eigenvalue weighted by atomic mass is 19.1. The van der Waals surface area contributed by atoms with Gasteiger partial charge in [0.2, 0.25) is 11.9 Å². The second kappa shape index (κ2) is 4.25. The Labute approximate surface area is 87.9 Å². The van der Waals surface area contributed by atoms with Crippen LogP contribution in [0.2, 0.25) is 0 Å². The van der Waals surface area contributed by atoms with Crippen LogP contribution in [0.3, 0.4) is 0 Å². The summed E-state index contributed by atoms with van der Waals surface area (Å²) in [6, 6.07) is 4.39. The van der Waals surface area contributed by atoms with Crippen molar-refractivity contribution in [3.63, 3.8) is 0 Å². The molecule has 1 amide bonds. The molecule has 0 fully saturated rings. The Morgan fingerprint density at radius 1 is 1.47 bits per heavy atom. The minimum absolute atomic E-state index is 0.187. The highest BCUT2D eigenvalue weighted by Gasteiger charge is 2.26. The van der Waals surface area contributed by atoms with Crippen LogP contribution in [-0.2, 0) is 4.79 Å². The van der Waals surface area contributed by atoms with E-state index in [1.807, 2.05) is 0 Å². The Morgan fingerprint density at radius 3 is 2.67 bits per heavy atom. The molecule has 0 radical (unpaired) electrons. The zero-order valence-corrected chi connectivity index (χ0v) is 8.97. The van der Waals surface area contributed by atoms with E-state index >= 15 is 0 Å². The number of carbonyl (C=O) groups excluding carboxylic acids is 1. The number of rotatable bonds is 3. The van der Waals surface area contributed by atoms with Crippen LogP contribution in [0.5, 0.6) is 0 Å². The summed E-state index contributed by atoms with van der Waals surface area (Å²) in [5.74, 6) is -0.426. The zero-order valence-electron chi connectivity index (χ0n) is 8.97. The van der Waals surface area contributed by atoms with E-state index in [0.717, 1.165) is 0 Å². The summed E-state index contributed by atoms with van der Waals surface area (Å²) in [6.45, 7) is 3.39. The number of pyridine rings is 1. The van der Waals surface area contributed by atoms with Crippen LogP contribution in [0.25, 0.3) is 0 Å². The Hall–Kier alpha value is -1.65. The summed E-state index contributed by atoms with van der Waals surface area (Å²) in [5.41, 5.74) is -0.824. The predicted molar refractivity (Wildman–Crippen MR) is 56.0 cm³/mol. The highest BCUT2D eigenvalue weighted by Crippen LogP contribution is 2.12. The Balaban J connectivity index is 2.81. The third kappa shape index (κ3) is 2.90. The maximum Gasteiger partial charge on any atom is 0.244 e. The van der Waals surface area contributed by atoms with Gasteiger partial charge in [-0.15, -0.1) is 0 Å². The van der Waals surface area contributed by atoms with Gasteiger partial charge in [0.25, 0.3) is 0 Å². The second-order valence-corrected chi connectivity index (χ2v) is 3.67. The molecule has 0 atom stereocenters. The first-order valence-electron chi connectivity index (χ1n) is 4.58. The molecule has 0 aliphatic heterocycles. The van der Waals surface area contributed by atoms with E-state index in [0.29, 0.717) is 5.82 Å². The molecule has 0 aliphatic carbocycles. The van der Waals surface area contributed by atoms with Gasteiger partial charge in [0.1, 0.15) is 11.4 Å².